The van der Waals surface area contributed by atoms with Crippen LogP contribution in [0, 0.1) is 5.92 Å². The molecule has 2 N–H and O–H groups in total. The van der Waals surface area contributed by atoms with Gasteiger partial charge >= 0.3 is 5.97 Å². The molecule has 1 fully saturated rings. The van der Waals surface area contributed by atoms with E-state index in [0.29, 0.717) is 24.3 Å². The first kappa shape index (κ1) is 14.7. The molecule has 2 rings (SSSR count). The van der Waals surface area contributed by atoms with E-state index >= 15 is 0 Å². The summed E-state index contributed by atoms with van der Waals surface area (Å²) >= 11 is 0. The highest BCUT2D eigenvalue weighted by Crippen LogP contribution is 2.18. The minimum absolute atomic E-state index is 0.0172. The number of carbonyl (C=O) groups is 1. The molecule has 6 heteroatoms. The molecule has 1 saturated heterocycles. The Morgan fingerprint density at radius 3 is 2.60 bits per heavy atom. The molecule has 1 atom stereocenters. The molecule has 1 aliphatic heterocycles. The molecule has 20 heavy (non-hydrogen) atoms. The second-order valence-corrected chi connectivity index (χ2v) is 5.49. The van der Waals surface area contributed by atoms with E-state index in [9.17, 15) is 4.79 Å². The van der Waals surface area contributed by atoms with E-state index < -0.39 is 5.97 Å². The van der Waals surface area contributed by atoms with Gasteiger partial charge in [-0.2, -0.15) is 0 Å². The lowest BCUT2D eigenvalue weighted by atomic mass is 10.0. The van der Waals surface area contributed by atoms with Gasteiger partial charge in [-0.25, -0.2) is 14.8 Å². The summed E-state index contributed by atoms with van der Waals surface area (Å²) < 4.78 is 0. The van der Waals surface area contributed by atoms with Crippen molar-refractivity contribution < 1.29 is 9.90 Å². The number of nitrogens with zero attached hydrogens (tertiary/aromatic N) is 3. The minimum atomic E-state index is -1.05. The quantitative estimate of drug-likeness (QED) is 0.824. The number of aromatic nitrogens is 2. The molecular weight excluding hydrogens is 256 g/mol. The Bertz CT molecular complexity index is 458. The van der Waals surface area contributed by atoms with Gasteiger partial charge in [-0.1, -0.05) is 13.8 Å². The second kappa shape index (κ2) is 6.65. The third-order valence-electron chi connectivity index (χ3n) is 3.76. The number of nitrogens with one attached hydrogen (secondary N) is 1. The predicted molar refractivity (Wildman–Crippen MR) is 76.9 cm³/mol. The average molecular weight is 278 g/mol. The molecule has 0 aliphatic carbocycles. The third-order valence-corrected chi connectivity index (χ3v) is 3.76. The van der Waals surface area contributed by atoms with Crippen LogP contribution >= 0.6 is 0 Å². The van der Waals surface area contributed by atoms with Crippen LogP contribution in [0.5, 0.6) is 0 Å². The van der Waals surface area contributed by atoms with Crippen molar-refractivity contribution >= 4 is 11.8 Å². The van der Waals surface area contributed by atoms with Crippen molar-refractivity contribution in [1.29, 1.82) is 0 Å². The fourth-order valence-corrected chi connectivity index (χ4v) is 2.68. The van der Waals surface area contributed by atoms with Gasteiger partial charge in [0.2, 0.25) is 0 Å². The molecular formula is C14H22N4O2. The van der Waals surface area contributed by atoms with Crippen molar-refractivity contribution in [2.24, 2.45) is 5.92 Å². The molecule has 2 heterocycles. The Morgan fingerprint density at radius 2 is 2.00 bits per heavy atom. The molecule has 1 unspecified atom stereocenters. The minimum Gasteiger partial charge on any atom is -0.476 e. The maximum absolute atomic E-state index is 11.1. The number of anilines is 1. The van der Waals surface area contributed by atoms with Crippen LogP contribution in [0.4, 0.5) is 5.82 Å². The van der Waals surface area contributed by atoms with Gasteiger partial charge < -0.3 is 10.4 Å². The molecule has 1 aliphatic rings. The highest BCUT2D eigenvalue weighted by Gasteiger charge is 2.25. The lowest BCUT2D eigenvalue weighted by Gasteiger charge is -2.31. The first-order valence-corrected chi connectivity index (χ1v) is 7.12. The van der Waals surface area contributed by atoms with Crippen LogP contribution in [0.2, 0.25) is 0 Å². The van der Waals surface area contributed by atoms with E-state index in [2.05, 4.69) is 34.0 Å². The van der Waals surface area contributed by atoms with Crippen LogP contribution in [-0.4, -0.2) is 51.6 Å². The largest absolute Gasteiger partial charge is 0.476 e. The van der Waals surface area contributed by atoms with E-state index in [1.165, 1.54) is 25.2 Å². The summed E-state index contributed by atoms with van der Waals surface area (Å²) in [5, 5.41) is 12.3. The summed E-state index contributed by atoms with van der Waals surface area (Å²) in [6.45, 7) is 7.32. The summed E-state index contributed by atoms with van der Waals surface area (Å²) in [5.41, 5.74) is -0.0172. The smallest absolute Gasteiger partial charge is 0.358 e. The van der Waals surface area contributed by atoms with Crippen LogP contribution < -0.4 is 5.32 Å². The van der Waals surface area contributed by atoms with E-state index in [1.54, 1.807) is 0 Å². The summed E-state index contributed by atoms with van der Waals surface area (Å²) in [7, 11) is 0. The van der Waals surface area contributed by atoms with Crippen molar-refractivity contribution in [3.05, 3.63) is 18.1 Å². The monoisotopic (exact) mass is 278 g/mol. The Balaban J connectivity index is 2.04. The van der Waals surface area contributed by atoms with Gasteiger partial charge in [-0.3, -0.25) is 4.90 Å². The molecule has 1 aromatic rings. The van der Waals surface area contributed by atoms with Gasteiger partial charge in [-0.05, 0) is 31.8 Å². The zero-order chi connectivity index (χ0) is 14.5. The molecule has 0 spiro atoms. The van der Waals surface area contributed by atoms with Crippen LogP contribution in [0.15, 0.2) is 12.4 Å². The van der Waals surface area contributed by atoms with E-state index in [4.69, 9.17) is 5.11 Å². The van der Waals surface area contributed by atoms with Crippen LogP contribution in [0.1, 0.15) is 37.2 Å². The van der Waals surface area contributed by atoms with E-state index in [1.807, 2.05) is 0 Å². The average Bonchev–Trinajstić information content (AvgIpc) is 2.92. The van der Waals surface area contributed by atoms with E-state index in [-0.39, 0.29) is 5.69 Å². The van der Waals surface area contributed by atoms with Gasteiger partial charge in [-0.15, -0.1) is 0 Å². The Labute approximate surface area is 119 Å². The summed E-state index contributed by atoms with van der Waals surface area (Å²) in [4.78, 5) is 21.5. The zero-order valence-electron chi connectivity index (χ0n) is 12.0. The van der Waals surface area contributed by atoms with Crippen molar-refractivity contribution in [1.82, 2.24) is 14.9 Å². The number of hydrogen-bond acceptors (Lipinski definition) is 5. The Morgan fingerprint density at radius 1 is 1.35 bits per heavy atom. The number of hydrogen-bond donors (Lipinski definition) is 2. The molecule has 0 radical (unpaired) electrons. The van der Waals surface area contributed by atoms with E-state index in [0.717, 1.165) is 13.1 Å². The normalized spacial score (nSPS) is 17.4. The van der Waals surface area contributed by atoms with Crippen LogP contribution in [0.3, 0.4) is 0 Å². The summed E-state index contributed by atoms with van der Waals surface area (Å²) in [6, 6.07) is 0.390. The van der Waals surface area contributed by atoms with Crippen molar-refractivity contribution in [2.45, 2.75) is 32.7 Å². The maximum Gasteiger partial charge on any atom is 0.358 e. The Hall–Kier alpha value is -1.69. The number of carboxylic acids is 1. The van der Waals surface area contributed by atoms with Gasteiger partial charge in [0.25, 0.3) is 0 Å². The van der Waals surface area contributed by atoms with Crippen molar-refractivity contribution in [3.63, 3.8) is 0 Å². The fourth-order valence-electron chi connectivity index (χ4n) is 2.68. The topological polar surface area (TPSA) is 78.3 Å². The van der Waals surface area contributed by atoms with Crippen molar-refractivity contribution in [3.8, 4) is 0 Å². The first-order valence-electron chi connectivity index (χ1n) is 7.12. The van der Waals surface area contributed by atoms with Crippen LogP contribution in [0.25, 0.3) is 0 Å². The molecule has 6 nitrogen and oxygen atoms in total. The molecule has 0 saturated carbocycles. The molecule has 1 aromatic heterocycles. The highest BCUT2D eigenvalue weighted by atomic mass is 16.4. The van der Waals surface area contributed by atoms with Gasteiger partial charge in [0.05, 0.1) is 0 Å². The number of carboxylic acid groups (broad SMARTS) is 1. The number of likely N-dealkylation sites (tertiary alicyclic amines) is 1. The van der Waals surface area contributed by atoms with Gasteiger partial charge in [0.15, 0.2) is 11.5 Å². The molecule has 0 amide bonds. The second-order valence-electron chi connectivity index (χ2n) is 5.49. The zero-order valence-corrected chi connectivity index (χ0v) is 12.0. The lowest BCUT2D eigenvalue weighted by molar-refractivity contribution is 0.0691. The van der Waals surface area contributed by atoms with Gasteiger partial charge in [0, 0.05) is 25.0 Å². The highest BCUT2D eigenvalue weighted by molar-refractivity contribution is 5.90. The maximum atomic E-state index is 11.1. The fraction of sp³-hybridized carbons (Fsp3) is 0.643. The lowest BCUT2D eigenvalue weighted by Crippen LogP contribution is -2.42. The van der Waals surface area contributed by atoms with Gasteiger partial charge in [0.1, 0.15) is 0 Å². The Kier molecular flexibility index (Phi) is 4.89. The first-order chi connectivity index (χ1) is 9.59. The number of rotatable bonds is 6. The molecule has 110 valence electrons. The van der Waals surface area contributed by atoms with Crippen molar-refractivity contribution in [2.75, 3.05) is 25.0 Å². The predicted octanol–water partition coefficient (Wildman–Crippen LogP) is 1.71. The van der Waals surface area contributed by atoms with Crippen LogP contribution in [-0.2, 0) is 0 Å². The number of aromatic carboxylic acids is 1. The molecule has 0 aromatic carbocycles. The SMILES string of the molecule is CC(C)C(CNc1nccnc1C(=O)O)N1CCCC1. The molecule has 0 bridgehead atoms. The third kappa shape index (κ3) is 3.45. The summed E-state index contributed by atoms with van der Waals surface area (Å²) in [6.07, 6.45) is 5.40. The standard InChI is InChI=1S/C14H22N4O2/c1-10(2)11(18-7-3-4-8-18)9-17-13-12(14(19)20)15-5-6-16-13/h5-6,10-11H,3-4,7-9H2,1-2H3,(H,16,17)(H,19,20). The summed E-state index contributed by atoms with van der Waals surface area (Å²) in [5.74, 6) is -0.196.